The van der Waals surface area contributed by atoms with Crippen LogP contribution in [0, 0.1) is 0 Å². The molecule has 3 rings (SSSR count). The Hall–Kier alpha value is -2.41. The van der Waals surface area contributed by atoms with Gasteiger partial charge in [-0.3, -0.25) is 9.89 Å². The van der Waals surface area contributed by atoms with Crippen LogP contribution in [0.15, 0.2) is 35.3 Å². The lowest BCUT2D eigenvalue weighted by Crippen LogP contribution is -2.26. The predicted molar refractivity (Wildman–Crippen MR) is 94.1 cm³/mol. The molecule has 3 aromatic rings. The average molecular weight is 343 g/mol. The Kier molecular flexibility index (Phi) is 4.80. The second-order valence-electron chi connectivity index (χ2n) is 6.14. The minimum absolute atomic E-state index is 0.0848. The van der Waals surface area contributed by atoms with Gasteiger partial charge in [-0.2, -0.15) is 16.4 Å². The molecule has 0 aliphatic heterocycles. The Morgan fingerprint density at radius 3 is 3.00 bits per heavy atom. The van der Waals surface area contributed by atoms with E-state index in [0.29, 0.717) is 24.7 Å². The van der Waals surface area contributed by atoms with E-state index >= 15 is 0 Å². The Bertz CT molecular complexity index is 803. The summed E-state index contributed by atoms with van der Waals surface area (Å²) in [5, 5.41) is 11.2. The number of hydrogen-bond donors (Lipinski definition) is 1. The first-order valence-electron chi connectivity index (χ1n) is 7.86. The number of rotatable bonds is 6. The number of nitrogens with zero attached hydrogens (tertiary/aromatic N) is 4. The number of imidazole rings is 1. The van der Waals surface area contributed by atoms with E-state index in [-0.39, 0.29) is 5.91 Å². The number of hydrogen-bond acceptors (Lipinski definition) is 4. The SMILES string of the molecule is CC(C)c1nccn1Cc1cc(C(=O)N(C)Cc2ccsc2)n[nH]1. The number of amides is 1. The van der Waals surface area contributed by atoms with E-state index in [1.54, 1.807) is 29.5 Å². The summed E-state index contributed by atoms with van der Waals surface area (Å²) in [6, 6.07) is 3.84. The van der Waals surface area contributed by atoms with Gasteiger partial charge in [-0.15, -0.1) is 0 Å². The molecule has 1 amide bonds. The minimum atomic E-state index is -0.0848. The molecule has 126 valence electrons. The van der Waals surface area contributed by atoms with Crippen molar-refractivity contribution in [3.63, 3.8) is 0 Å². The molecule has 0 fully saturated rings. The first-order chi connectivity index (χ1) is 11.5. The maximum Gasteiger partial charge on any atom is 0.274 e. The number of aromatic amines is 1. The molecule has 24 heavy (non-hydrogen) atoms. The van der Waals surface area contributed by atoms with Crippen molar-refractivity contribution < 1.29 is 4.79 Å². The Balaban J connectivity index is 1.68. The third-order valence-electron chi connectivity index (χ3n) is 3.80. The fraction of sp³-hybridized carbons (Fsp3) is 0.353. The van der Waals surface area contributed by atoms with Crippen molar-refractivity contribution >= 4 is 17.2 Å². The standard InChI is InChI=1S/C17H21N5OS/c1-12(2)16-18-5-6-22(16)10-14-8-15(20-19-14)17(23)21(3)9-13-4-7-24-11-13/h4-8,11-12H,9-10H2,1-3H3,(H,19,20). The van der Waals surface area contributed by atoms with Crippen LogP contribution in [0.3, 0.4) is 0 Å². The summed E-state index contributed by atoms with van der Waals surface area (Å²) in [6.45, 7) is 5.44. The molecule has 0 saturated heterocycles. The van der Waals surface area contributed by atoms with Gasteiger partial charge in [0.1, 0.15) is 11.5 Å². The molecule has 0 aliphatic rings. The lowest BCUT2D eigenvalue weighted by molar-refractivity contribution is 0.0779. The lowest BCUT2D eigenvalue weighted by atomic mass is 10.2. The molecule has 0 atom stereocenters. The monoisotopic (exact) mass is 343 g/mol. The van der Waals surface area contributed by atoms with Crippen molar-refractivity contribution in [3.8, 4) is 0 Å². The Morgan fingerprint density at radius 1 is 1.46 bits per heavy atom. The highest BCUT2D eigenvalue weighted by Crippen LogP contribution is 2.14. The van der Waals surface area contributed by atoms with Crippen LogP contribution in [0.1, 0.15) is 47.3 Å². The van der Waals surface area contributed by atoms with E-state index in [0.717, 1.165) is 17.1 Å². The van der Waals surface area contributed by atoms with Gasteiger partial charge in [-0.05, 0) is 28.5 Å². The highest BCUT2D eigenvalue weighted by Gasteiger charge is 2.16. The van der Waals surface area contributed by atoms with Crippen molar-refractivity contribution in [2.45, 2.75) is 32.9 Å². The van der Waals surface area contributed by atoms with Crippen LogP contribution in [0.25, 0.3) is 0 Å². The van der Waals surface area contributed by atoms with E-state index in [1.807, 2.05) is 29.1 Å². The highest BCUT2D eigenvalue weighted by atomic mass is 32.1. The molecule has 0 saturated carbocycles. The van der Waals surface area contributed by atoms with Crippen LogP contribution in [-0.2, 0) is 13.1 Å². The van der Waals surface area contributed by atoms with Crippen molar-refractivity contribution in [3.05, 3.63) is 58.1 Å². The molecular formula is C17H21N5OS. The molecule has 3 heterocycles. The third kappa shape index (κ3) is 3.56. The molecule has 1 N–H and O–H groups in total. The fourth-order valence-corrected chi connectivity index (χ4v) is 3.27. The van der Waals surface area contributed by atoms with Gasteiger partial charge in [-0.1, -0.05) is 13.8 Å². The summed E-state index contributed by atoms with van der Waals surface area (Å²) < 4.78 is 2.07. The van der Waals surface area contributed by atoms with Gasteiger partial charge in [0.05, 0.1) is 12.2 Å². The van der Waals surface area contributed by atoms with Gasteiger partial charge in [0.15, 0.2) is 0 Å². The minimum Gasteiger partial charge on any atom is -0.336 e. The van der Waals surface area contributed by atoms with E-state index in [9.17, 15) is 4.79 Å². The number of thiophene rings is 1. The molecule has 0 aromatic carbocycles. The quantitative estimate of drug-likeness (QED) is 0.748. The van der Waals surface area contributed by atoms with E-state index in [2.05, 4.69) is 33.6 Å². The third-order valence-corrected chi connectivity index (χ3v) is 4.53. The molecule has 7 heteroatoms. The molecule has 0 bridgehead atoms. The Morgan fingerprint density at radius 2 is 2.29 bits per heavy atom. The Labute approximate surface area is 145 Å². The number of H-pyrrole nitrogens is 1. The molecular weight excluding hydrogens is 322 g/mol. The smallest absolute Gasteiger partial charge is 0.274 e. The molecule has 0 unspecified atom stereocenters. The van der Waals surface area contributed by atoms with Crippen LogP contribution < -0.4 is 0 Å². The van der Waals surface area contributed by atoms with Gasteiger partial charge in [-0.25, -0.2) is 4.98 Å². The lowest BCUT2D eigenvalue weighted by Gasteiger charge is -2.14. The average Bonchev–Trinajstić information content (AvgIpc) is 3.27. The fourth-order valence-electron chi connectivity index (χ4n) is 2.61. The first kappa shape index (κ1) is 16.4. The second-order valence-corrected chi connectivity index (χ2v) is 6.92. The highest BCUT2D eigenvalue weighted by molar-refractivity contribution is 7.07. The maximum atomic E-state index is 12.5. The van der Waals surface area contributed by atoms with Gasteiger partial charge < -0.3 is 9.47 Å². The van der Waals surface area contributed by atoms with Crippen LogP contribution in [0.2, 0.25) is 0 Å². The van der Waals surface area contributed by atoms with Crippen molar-refractivity contribution in [1.29, 1.82) is 0 Å². The first-order valence-corrected chi connectivity index (χ1v) is 8.80. The zero-order valence-corrected chi connectivity index (χ0v) is 14.9. The zero-order chi connectivity index (χ0) is 17.1. The summed E-state index contributed by atoms with van der Waals surface area (Å²) in [7, 11) is 1.79. The number of aromatic nitrogens is 4. The zero-order valence-electron chi connectivity index (χ0n) is 14.1. The van der Waals surface area contributed by atoms with E-state index in [4.69, 9.17) is 0 Å². The largest absolute Gasteiger partial charge is 0.336 e. The van der Waals surface area contributed by atoms with E-state index in [1.165, 1.54) is 0 Å². The predicted octanol–water partition coefficient (Wildman–Crippen LogP) is 3.11. The summed E-state index contributed by atoms with van der Waals surface area (Å²) in [5.41, 5.74) is 2.46. The molecule has 0 spiro atoms. The summed E-state index contributed by atoms with van der Waals surface area (Å²) >= 11 is 1.63. The van der Waals surface area contributed by atoms with Gasteiger partial charge in [0.2, 0.25) is 0 Å². The topological polar surface area (TPSA) is 66.8 Å². The van der Waals surface area contributed by atoms with Gasteiger partial charge >= 0.3 is 0 Å². The van der Waals surface area contributed by atoms with Crippen LogP contribution in [-0.4, -0.2) is 37.6 Å². The number of nitrogens with one attached hydrogen (secondary N) is 1. The van der Waals surface area contributed by atoms with Gasteiger partial charge in [0.25, 0.3) is 5.91 Å². The van der Waals surface area contributed by atoms with E-state index < -0.39 is 0 Å². The van der Waals surface area contributed by atoms with Crippen LogP contribution in [0.5, 0.6) is 0 Å². The number of carbonyl (C=O) groups is 1. The van der Waals surface area contributed by atoms with Crippen molar-refractivity contribution in [2.75, 3.05) is 7.05 Å². The second kappa shape index (κ2) is 7.00. The summed E-state index contributed by atoms with van der Waals surface area (Å²) in [6.07, 6.45) is 3.74. The van der Waals surface area contributed by atoms with Crippen LogP contribution >= 0.6 is 11.3 Å². The van der Waals surface area contributed by atoms with Crippen LogP contribution in [0.4, 0.5) is 0 Å². The van der Waals surface area contributed by atoms with Gasteiger partial charge in [0, 0.05) is 31.9 Å². The summed E-state index contributed by atoms with van der Waals surface area (Å²) in [5.74, 6) is 1.28. The summed E-state index contributed by atoms with van der Waals surface area (Å²) in [4.78, 5) is 18.5. The maximum absolute atomic E-state index is 12.5. The number of carbonyl (C=O) groups excluding carboxylic acids is 1. The normalized spacial score (nSPS) is 11.2. The molecule has 3 aromatic heterocycles. The van der Waals surface area contributed by atoms with Crippen molar-refractivity contribution in [1.82, 2.24) is 24.6 Å². The molecule has 6 nitrogen and oxygen atoms in total. The molecule has 0 radical (unpaired) electrons. The van der Waals surface area contributed by atoms with Crippen molar-refractivity contribution in [2.24, 2.45) is 0 Å². The molecule has 0 aliphatic carbocycles.